The molecule has 0 aromatic carbocycles. The molecule has 3 aromatic heterocycles. The lowest BCUT2D eigenvalue weighted by atomic mass is 10.2. The summed E-state index contributed by atoms with van der Waals surface area (Å²) < 4.78 is 1.64. The first kappa shape index (κ1) is 16.5. The van der Waals surface area contributed by atoms with Gasteiger partial charge in [-0.05, 0) is 37.6 Å². The number of aromatic nitrogens is 4. The number of carbonyl (C=O) groups excluding carboxylic acids is 1. The number of pyridine rings is 2. The van der Waals surface area contributed by atoms with Gasteiger partial charge < -0.3 is 15.5 Å². The van der Waals surface area contributed by atoms with E-state index in [1.165, 1.54) is 0 Å². The summed E-state index contributed by atoms with van der Waals surface area (Å²) in [7, 11) is 0. The topological polar surface area (TPSA) is 87.5 Å². The first-order chi connectivity index (χ1) is 12.6. The molecule has 1 saturated heterocycles. The Morgan fingerprint density at radius 2 is 2.04 bits per heavy atom. The van der Waals surface area contributed by atoms with Crippen molar-refractivity contribution in [2.24, 2.45) is 0 Å². The second-order valence-corrected chi connectivity index (χ2v) is 6.44. The minimum atomic E-state index is -0.195. The summed E-state index contributed by atoms with van der Waals surface area (Å²) in [6.45, 7) is 7.56. The van der Waals surface area contributed by atoms with Crippen molar-refractivity contribution in [3.63, 3.8) is 0 Å². The molecule has 4 rings (SSSR count). The van der Waals surface area contributed by atoms with Gasteiger partial charge in [-0.15, -0.1) is 0 Å². The molecule has 134 valence electrons. The van der Waals surface area contributed by atoms with Crippen LogP contribution >= 0.6 is 0 Å². The lowest BCUT2D eigenvalue weighted by Gasteiger charge is -2.28. The van der Waals surface area contributed by atoms with Gasteiger partial charge in [0.1, 0.15) is 11.6 Å². The Labute approximate surface area is 151 Å². The van der Waals surface area contributed by atoms with Crippen LogP contribution in [0, 0.1) is 13.8 Å². The van der Waals surface area contributed by atoms with Crippen molar-refractivity contribution in [2.45, 2.75) is 13.8 Å². The Hall–Kier alpha value is -3.00. The molecule has 8 nitrogen and oxygen atoms in total. The van der Waals surface area contributed by atoms with Crippen molar-refractivity contribution < 1.29 is 4.79 Å². The van der Waals surface area contributed by atoms with Gasteiger partial charge in [-0.25, -0.2) is 14.5 Å². The van der Waals surface area contributed by atoms with E-state index in [9.17, 15) is 4.79 Å². The lowest BCUT2D eigenvalue weighted by molar-refractivity contribution is 0.102. The molecule has 3 aromatic rings. The van der Waals surface area contributed by atoms with Gasteiger partial charge in [0.15, 0.2) is 5.65 Å². The number of rotatable bonds is 3. The molecule has 0 radical (unpaired) electrons. The normalized spacial score (nSPS) is 14.6. The van der Waals surface area contributed by atoms with Crippen molar-refractivity contribution in [1.29, 1.82) is 0 Å². The summed E-state index contributed by atoms with van der Waals surface area (Å²) in [5.41, 5.74) is 2.87. The van der Waals surface area contributed by atoms with E-state index < -0.39 is 0 Å². The lowest BCUT2D eigenvalue weighted by Crippen LogP contribution is -2.43. The number of hydrogen-bond acceptors (Lipinski definition) is 6. The number of fused-ring (bicyclic) bond motifs is 1. The average Bonchev–Trinajstić information content (AvgIpc) is 3.04. The predicted octanol–water partition coefficient (Wildman–Crippen LogP) is 1.40. The third-order valence-electron chi connectivity index (χ3n) is 4.43. The van der Waals surface area contributed by atoms with Gasteiger partial charge in [0.25, 0.3) is 5.91 Å². The van der Waals surface area contributed by atoms with Gasteiger partial charge in [-0.1, -0.05) is 0 Å². The highest BCUT2D eigenvalue weighted by Crippen LogP contribution is 2.17. The van der Waals surface area contributed by atoms with Crippen LogP contribution < -0.4 is 15.5 Å². The highest BCUT2D eigenvalue weighted by atomic mass is 16.1. The molecular formula is C18H21N7O. The number of aryl methyl sites for hydroxylation is 2. The second kappa shape index (κ2) is 6.72. The highest BCUT2D eigenvalue weighted by molar-refractivity contribution is 6.04. The average molecular weight is 351 g/mol. The molecule has 0 atom stereocenters. The van der Waals surface area contributed by atoms with Crippen LogP contribution in [0.5, 0.6) is 0 Å². The van der Waals surface area contributed by atoms with Crippen molar-refractivity contribution in [1.82, 2.24) is 24.9 Å². The van der Waals surface area contributed by atoms with Crippen molar-refractivity contribution in [3.8, 4) is 0 Å². The number of carbonyl (C=O) groups is 1. The van der Waals surface area contributed by atoms with Crippen LogP contribution in [0.3, 0.4) is 0 Å². The second-order valence-electron chi connectivity index (χ2n) is 6.44. The number of nitrogens with zero attached hydrogens (tertiary/aromatic N) is 5. The Morgan fingerprint density at radius 3 is 2.77 bits per heavy atom. The Balaban J connectivity index is 1.50. The third kappa shape index (κ3) is 3.23. The quantitative estimate of drug-likeness (QED) is 0.742. The van der Waals surface area contributed by atoms with Gasteiger partial charge in [0, 0.05) is 32.4 Å². The standard InChI is InChI=1S/C18H21N7O/c1-12-9-14(11-25-17(12)21-13(2)23-25)18(26)22-15-3-4-16(20-10-15)24-7-5-19-6-8-24/h3-4,9-11,19H,5-8H2,1-2H3,(H,22,26). The Morgan fingerprint density at radius 1 is 1.23 bits per heavy atom. The zero-order valence-corrected chi connectivity index (χ0v) is 14.9. The number of nitrogens with one attached hydrogen (secondary N) is 2. The summed E-state index contributed by atoms with van der Waals surface area (Å²) in [6, 6.07) is 5.64. The fraction of sp³-hybridized carbons (Fsp3) is 0.333. The molecule has 0 saturated carbocycles. The van der Waals surface area contributed by atoms with Crippen molar-refractivity contribution >= 4 is 23.1 Å². The van der Waals surface area contributed by atoms with E-state index in [-0.39, 0.29) is 5.91 Å². The fourth-order valence-electron chi connectivity index (χ4n) is 3.12. The van der Waals surface area contributed by atoms with E-state index in [2.05, 4.69) is 30.6 Å². The number of piperazine rings is 1. The van der Waals surface area contributed by atoms with Crippen LogP contribution in [0.25, 0.3) is 5.65 Å². The zero-order valence-electron chi connectivity index (χ0n) is 14.9. The molecular weight excluding hydrogens is 330 g/mol. The van der Waals surface area contributed by atoms with E-state index in [1.54, 1.807) is 16.9 Å². The maximum atomic E-state index is 12.6. The molecule has 8 heteroatoms. The van der Waals surface area contributed by atoms with Crippen molar-refractivity contribution in [2.75, 3.05) is 36.4 Å². The Bertz CT molecular complexity index is 942. The minimum Gasteiger partial charge on any atom is -0.354 e. The van der Waals surface area contributed by atoms with Crippen LogP contribution in [-0.4, -0.2) is 51.7 Å². The summed E-state index contributed by atoms with van der Waals surface area (Å²) in [5.74, 6) is 1.41. The van der Waals surface area contributed by atoms with Gasteiger partial charge in [0.2, 0.25) is 0 Å². The summed E-state index contributed by atoms with van der Waals surface area (Å²) >= 11 is 0. The largest absolute Gasteiger partial charge is 0.354 e. The third-order valence-corrected chi connectivity index (χ3v) is 4.43. The molecule has 1 fully saturated rings. The molecule has 0 aliphatic carbocycles. The number of amides is 1. The molecule has 2 N–H and O–H groups in total. The molecule has 0 unspecified atom stereocenters. The summed E-state index contributed by atoms with van der Waals surface area (Å²) in [6.07, 6.45) is 3.39. The number of hydrogen-bond donors (Lipinski definition) is 2. The molecule has 0 bridgehead atoms. The van der Waals surface area contributed by atoms with Gasteiger partial charge >= 0.3 is 0 Å². The van der Waals surface area contributed by atoms with E-state index in [1.807, 2.05) is 32.0 Å². The number of anilines is 2. The van der Waals surface area contributed by atoms with Crippen LogP contribution in [0.2, 0.25) is 0 Å². The molecule has 0 spiro atoms. The van der Waals surface area contributed by atoms with Gasteiger partial charge in [0.05, 0.1) is 17.4 Å². The van der Waals surface area contributed by atoms with E-state index in [0.29, 0.717) is 17.1 Å². The highest BCUT2D eigenvalue weighted by Gasteiger charge is 2.13. The molecule has 26 heavy (non-hydrogen) atoms. The smallest absolute Gasteiger partial charge is 0.257 e. The summed E-state index contributed by atoms with van der Waals surface area (Å²) in [5, 5.41) is 10.5. The maximum absolute atomic E-state index is 12.6. The predicted molar refractivity (Wildman–Crippen MR) is 99.7 cm³/mol. The minimum absolute atomic E-state index is 0.195. The van der Waals surface area contributed by atoms with Crippen LogP contribution in [0.15, 0.2) is 30.6 Å². The molecule has 1 aliphatic rings. The van der Waals surface area contributed by atoms with Crippen LogP contribution in [0.1, 0.15) is 21.7 Å². The first-order valence-electron chi connectivity index (χ1n) is 8.67. The van der Waals surface area contributed by atoms with Gasteiger partial charge in [-0.2, -0.15) is 5.10 Å². The molecule has 4 heterocycles. The zero-order chi connectivity index (χ0) is 18.1. The van der Waals surface area contributed by atoms with Crippen molar-refractivity contribution in [3.05, 3.63) is 47.5 Å². The molecule has 1 aliphatic heterocycles. The van der Waals surface area contributed by atoms with E-state index in [4.69, 9.17) is 0 Å². The van der Waals surface area contributed by atoms with E-state index in [0.717, 1.165) is 43.2 Å². The molecule has 1 amide bonds. The van der Waals surface area contributed by atoms with E-state index >= 15 is 0 Å². The fourth-order valence-corrected chi connectivity index (χ4v) is 3.12. The Kier molecular flexibility index (Phi) is 4.26. The van der Waals surface area contributed by atoms with Crippen LogP contribution in [0.4, 0.5) is 11.5 Å². The SMILES string of the molecule is Cc1nc2c(C)cc(C(=O)Nc3ccc(N4CCNCC4)nc3)cn2n1. The van der Waals surface area contributed by atoms with Crippen LogP contribution in [-0.2, 0) is 0 Å². The monoisotopic (exact) mass is 351 g/mol. The summed E-state index contributed by atoms with van der Waals surface area (Å²) in [4.78, 5) is 23.6. The first-order valence-corrected chi connectivity index (χ1v) is 8.67. The van der Waals surface area contributed by atoms with Gasteiger partial charge in [-0.3, -0.25) is 4.79 Å². The maximum Gasteiger partial charge on any atom is 0.257 e.